The van der Waals surface area contributed by atoms with Crippen LogP contribution in [0.25, 0.3) is 22.3 Å². The van der Waals surface area contributed by atoms with Crippen LogP contribution in [0.4, 0.5) is 0 Å². The van der Waals surface area contributed by atoms with Gasteiger partial charge in [0.2, 0.25) is 5.88 Å². The minimum absolute atomic E-state index is 0.307. The Morgan fingerprint density at radius 1 is 1.27 bits per heavy atom. The molecule has 136 valence electrons. The summed E-state index contributed by atoms with van der Waals surface area (Å²) in [6, 6.07) is 2.24. The summed E-state index contributed by atoms with van der Waals surface area (Å²) in [5, 5.41) is 7.72. The molecular formula is C18H23N7O. The van der Waals surface area contributed by atoms with Gasteiger partial charge in [0.25, 0.3) is 0 Å². The minimum atomic E-state index is 0.307. The number of rotatable bonds is 4. The van der Waals surface area contributed by atoms with Gasteiger partial charge < -0.3 is 10.1 Å². The van der Waals surface area contributed by atoms with Gasteiger partial charge in [0.15, 0.2) is 5.52 Å². The van der Waals surface area contributed by atoms with Crippen molar-refractivity contribution in [2.45, 2.75) is 13.0 Å². The molecule has 1 aliphatic heterocycles. The molecule has 8 heteroatoms. The highest BCUT2D eigenvalue weighted by Crippen LogP contribution is 2.28. The van der Waals surface area contributed by atoms with Gasteiger partial charge in [0.1, 0.15) is 6.61 Å². The molecule has 0 aliphatic carbocycles. The van der Waals surface area contributed by atoms with Gasteiger partial charge in [-0.05, 0) is 20.0 Å². The molecule has 0 spiro atoms. The molecule has 8 nitrogen and oxygen atoms in total. The number of nitrogens with one attached hydrogen (secondary N) is 1. The number of hydrogen-bond donors (Lipinski definition) is 1. The molecule has 1 fully saturated rings. The van der Waals surface area contributed by atoms with E-state index in [1.54, 1.807) is 12.4 Å². The first-order valence-corrected chi connectivity index (χ1v) is 8.78. The summed E-state index contributed by atoms with van der Waals surface area (Å²) >= 11 is 0. The molecule has 3 aromatic heterocycles. The second-order valence-corrected chi connectivity index (χ2v) is 6.65. The van der Waals surface area contributed by atoms with E-state index in [1.807, 2.05) is 30.9 Å². The van der Waals surface area contributed by atoms with Crippen molar-refractivity contribution in [2.24, 2.45) is 7.05 Å². The molecule has 1 aliphatic rings. The molecule has 0 aromatic carbocycles. The van der Waals surface area contributed by atoms with Crippen LogP contribution in [-0.4, -0.2) is 69.0 Å². The number of piperazine rings is 1. The quantitative estimate of drug-likeness (QED) is 0.750. The van der Waals surface area contributed by atoms with Gasteiger partial charge in [-0.1, -0.05) is 0 Å². The van der Waals surface area contributed by atoms with E-state index in [1.165, 1.54) is 0 Å². The van der Waals surface area contributed by atoms with Crippen molar-refractivity contribution in [3.63, 3.8) is 0 Å². The molecule has 4 heterocycles. The van der Waals surface area contributed by atoms with Crippen molar-refractivity contribution in [3.05, 3.63) is 30.4 Å². The molecule has 3 aromatic rings. The largest absolute Gasteiger partial charge is 0.474 e. The van der Waals surface area contributed by atoms with Gasteiger partial charge >= 0.3 is 0 Å². The molecule has 1 N–H and O–H groups in total. The molecule has 0 bridgehead atoms. The maximum absolute atomic E-state index is 6.12. The van der Waals surface area contributed by atoms with Crippen molar-refractivity contribution in [1.29, 1.82) is 0 Å². The van der Waals surface area contributed by atoms with Crippen molar-refractivity contribution >= 4 is 11.0 Å². The number of aromatic nitrogens is 5. The molecule has 0 radical (unpaired) electrons. The number of fused-ring (bicyclic) bond motifs is 1. The average Bonchev–Trinajstić information content (AvgIpc) is 2.99. The number of nitrogens with zero attached hydrogens (tertiary/aromatic N) is 6. The van der Waals surface area contributed by atoms with Crippen molar-refractivity contribution in [2.75, 3.05) is 33.3 Å². The summed E-state index contributed by atoms with van der Waals surface area (Å²) < 4.78 is 7.95. The predicted octanol–water partition coefficient (Wildman–Crippen LogP) is 1.02. The summed E-state index contributed by atoms with van der Waals surface area (Å²) in [4.78, 5) is 15.9. The summed E-state index contributed by atoms with van der Waals surface area (Å²) in [7, 11) is 4.04. The van der Waals surface area contributed by atoms with Crippen LogP contribution in [0.5, 0.6) is 5.88 Å². The maximum atomic E-state index is 6.12. The second kappa shape index (κ2) is 6.97. The van der Waals surface area contributed by atoms with Gasteiger partial charge in [-0.2, -0.15) is 5.10 Å². The fourth-order valence-corrected chi connectivity index (χ4v) is 3.16. The van der Waals surface area contributed by atoms with E-state index >= 15 is 0 Å². The fraction of sp³-hybridized carbons (Fsp3) is 0.444. The van der Waals surface area contributed by atoms with Crippen LogP contribution in [0.2, 0.25) is 0 Å². The molecule has 0 saturated carbocycles. The van der Waals surface area contributed by atoms with E-state index in [-0.39, 0.29) is 0 Å². The Balaban J connectivity index is 1.69. The highest BCUT2D eigenvalue weighted by Gasteiger charge is 2.21. The Hall–Kier alpha value is -2.58. The molecular weight excluding hydrogens is 330 g/mol. The molecule has 4 rings (SSSR count). The van der Waals surface area contributed by atoms with Crippen LogP contribution in [0.15, 0.2) is 24.7 Å². The predicted molar refractivity (Wildman–Crippen MR) is 99.1 cm³/mol. The zero-order chi connectivity index (χ0) is 18.1. The SMILES string of the molecule is Cc1c(-c2cc3nccnc3c(OC[C@@H]3CNCCN3C)n2)cnn1C. The Morgan fingerprint density at radius 2 is 2.12 bits per heavy atom. The normalized spacial score (nSPS) is 18.3. The van der Waals surface area contributed by atoms with E-state index in [0.717, 1.165) is 42.1 Å². The van der Waals surface area contributed by atoms with E-state index in [0.29, 0.717) is 24.0 Å². The summed E-state index contributed by atoms with van der Waals surface area (Å²) in [6.07, 6.45) is 5.17. The van der Waals surface area contributed by atoms with Crippen LogP contribution in [0, 0.1) is 6.92 Å². The lowest BCUT2D eigenvalue weighted by atomic mass is 10.1. The smallest absolute Gasteiger partial charge is 0.242 e. The topological polar surface area (TPSA) is 81.0 Å². The van der Waals surface area contributed by atoms with Gasteiger partial charge in [0.05, 0.1) is 23.4 Å². The minimum Gasteiger partial charge on any atom is -0.474 e. The monoisotopic (exact) mass is 353 g/mol. The maximum Gasteiger partial charge on any atom is 0.242 e. The highest BCUT2D eigenvalue weighted by atomic mass is 16.5. The average molecular weight is 353 g/mol. The van der Waals surface area contributed by atoms with E-state index in [2.05, 4.69) is 32.3 Å². The number of pyridine rings is 1. The molecule has 1 atom stereocenters. The third kappa shape index (κ3) is 3.13. The lowest BCUT2D eigenvalue weighted by Crippen LogP contribution is -2.51. The third-order valence-electron chi connectivity index (χ3n) is 4.99. The molecule has 0 amide bonds. The summed E-state index contributed by atoms with van der Waals surface area (Å²) in [5.41, 5.74) is 4.27. The van der Waals surface area contributed by atoms with Crippen molar-refractivity contribution in [3.8, 4) is 17.1 Å². The summed E-state index contributed by atoms with van der Waals surface area (Å²) in [6.45, 7) is 5.50. The molecule has 1 saturated heterocycles. The van der Waals surface area contributed by atoms with Crippen molar-refractivity contribution < 1.29 is 4.74 Å². The van der Waals surface area contributed by atoms with Crippen LogP contribution in [-0.2, 0) is 7.05 Å². The first-order chi connectivity index (χ1) is 12.6. The number of ether oxygens (including phenoxy) is 1. The van der Waals surface area contributed by atoms with E-state index < -0.39 is 0 Å². The van der Waals surface area contributed by atoms with E-state index in [9.17, 15) is 0 Å². The Morgan fingerprint density at radius 3 is 2.88 bits per heavy atom. The first-order valence-electron chi connectivity index (χ1n) is 8.78. The molecule has 0 unspecified atom stereocenters. The Labute approximate surface area is 152 Å². The van der Waals surface area contributed by atoms with Gasteiger partial charge in [-0.25, -0.2) is 9.97 Å². The van der Waals surface area contributed by atoms with Crippen molar-refractivity contribution in [1.82, 2.24) is 34.9 Å². The number of hydrogen-bond acceptors (Lipinski definition) is 7. The lowest BCUT2D eigenvalue weighted by molar-refractivity contribution is 0.134. The van der Waals surface area contributed by atoms with E-state index in [4.69, 9.17) is 9.72 Å². The Kier molecular flexibility index (Phi) is 4.52. The highest BCUT2D eigenvalue weighted by molar-refractivity contribution is 5.83. The zero-order valence-electron chi connectivity index (χ0n) is 15.3. The van der Waals surface area contributed by atoms with Crippen LogP contribution in [0.1, 0.15) is 5.69 Å². The van der Waals surface area contributed by atoms with Gasteiger partial charge in [0, 0.05) is 50.3 Å². The zero-order valence-corrected chi connectivity index (χ0v) is 15.3. The van der Waals surface area contributed by atoms with Gasteiger partial charge in [-0.3, -0.25) is 14.6 Å². The van der Waals surface area contributed by atoms with Gasteiger partial charge in [-0.15, -0.1) is 0 Å². The number of likely N-dealkylation sites (N-methyl/N-ethyl adjacent to an activating group) is 1. The fourth-order valence-electron chi connectivity index (χ4n) is 3.16. The number of aryl methyl sites for hydroxylation is 1. The van der Waals surface area contributed by atoms with Crippen LogP contribution >= 0.6 is 0 Å². The van der Waals surface area contributed by atoms with Crippen LogP contribution < -0.4 is 10.1 Å². The standard InChI is InChI=1S/C18H23N7O/c1-12-14(10-22-25(12)3)15-8-16-17(21-5-4-20-16)18(23-15)26-11-13-9-19-6-7-24(13)2/h4-5,8,10,13,19H,6-7,9,11H2,1-3H3/t13-/m0/s1. The second-order valence-electron chi connectivity index (χ2n) is 6.65. The third-order valence-corrected chi connectivity index (χ3v) is 4.99. The van der Waals surface area contributed by atoms with Crippen LogP contribution in [0.3, 0.4) is 0 Å². The molecule has 26 heavy (non-hydrogen) atoms. The summed E-state index contributed by atoms with van der Waals surface area (Å²) in [5.74, 6) is 0.521. The Bertz CT molecular complexity index is 923. The lowest BCUT2D eigenvalue weighted by Gasteiger charge is -2.32. The first kappa shape index (κ1) is 16.9.